The minimum atomic E-state index is 0.209. The number of H-pyrrole nitrogens is 1. The van der Waals surface area contributed by atoms with Crippen molar-refractivity contribution in [1.82, 2.24) is 9.97 Å². The number of nitrogens with zero attached hydrogens (tertiary/aromatic N) is 1. The highest BCUT2D eigenvalue weighted by molar-refractivity contribution is 5.29. The Bertz CT molecular complexity index is 529. The monoisotopic (exact) mass is 259 g/mol. The van der Waals surface area contributed by atoms with Crippen LogP contribution in [0.3, 0.4) is 0 Å². The Kier molecular flexibility index (Phi) is 4.10. The molecule has 0 aliphatic rings. The molecule has 1 heterocycles. The van der Waals surface area contributed by atoms with Crippen molar-refractivity contribution in [1.29, 1.82) is 0 Å². The molecular formula is C15H21N3O. The molecule has 2 rings (SSSR count). The fourth-order valence-electron chi connectivity index (χ4n) is 2.03. The molecular weight excluding hydrogens is 238 g/mol. The predicted molar refractivity (Wildman–Crippen MR) is 77.4 cm³/mol. The topological polar surface area (TPSA) is 63.9 Å². The highest BCUT2D eigenvalue weighted by Gasteiger charge is 2.05. The van der Waals surface area contributed by atoms with E-state index in [1.54, 1.807) is 0 Å². The van der Waals surface area contributed by atoms with Gasteiger partial charge in [-0.25, -0.2) is 4.98 Å². The Balaban J connectivity index is 1.94. The van der Waals surface area contributed by atoms with E-state index in [9.17, 15) is 0 Å². The zero-order valence-electron chi connectivity index (χ0n) is 11.7. The van der Waals surface area contributed by atoms with Gasteiger partial charge in [0.1, 0.15) is 5.75 Å². The summed E-state index contributed by atoms with van der Waals surface area (Å²) in [5.74, 6) is 1.41. The Morgan fingerprint density at radius 2 is 1.89 bits per heavy atom. The maximum Gasteiger partial charge on any atom is 0.197 e. The second kappa shape index (κ2) is 5.78. The van der Waals surface area contributed by atoms with E-state index in [-0.39, 0.29) is 6.10 Å². The summed E-state index contributed by atoms with van der Waals surface area (Å²) in [5, 5.41) is 0. The van der Waals surface area contributed by atoms with Gasteiger partial charge in [-0.2, -0.15) is 0 Å². The van der Waals surface area contributed by atoms with Crippen LogP contribution in [-0.4, -0.2) is 16.1 Å². The second-order valence-corrected chi connectivity index (χ2v) is 5.00. The van der Waals surface area contributed by atoms with Crippen LogP contribution in [0.4, 0.5) is 5.95 Å². The van der Waals surface area contributed by atoms with Crippen LogP contribution in [0.15, 0.2) is 24.3 Å². The van der Waals surface area contributed by atoms with E-state index in [1.807, 2.05) is 32.9 Å². The van der Waals surface area contributed by atoms with Crippen LogP contribution >= 0.6 is 0 Å². The summed E-state index contributed by atoms with van der Waals surface area (Å²) in [7, 11) is 0. The van der Waals surface area contributed by atoms with Gasteiger partial charge in [-0.3, -0.25) is 0 Å². The summed E-state index contributed by atoms with van der Waals surface area (Å²) in [6, 6.07) is 8.23. The summed E-state index contributed by atoms with van der Waals surface area (Å²) >= 11 is 0. The van der Waals surface area contributed by atoms with Crippen LogP contribution in [-0.2, 0) is 12.8 Å². The number of imidazole rings is 1. The maximum absolute atomic E-state index is 5.63. The van der Waals surface area contributed by atoms with Crippen molar-refractivity contribution in [2.24, 2.45) is 0 Å². The summed E-state index contributed by atoms with van der Waals surface area (Å²) < 4.78 is 5.62. The first-order chi connectivity index (χ1) is 9.04. The molecule has 0 radical (unpaired) electrons. The normalized spacial score (nSPS) is 10.9. The van der Waals surface area contributed by atoms with Crippen LogP contribution < -0.4 is 10.5 Å². The number of ether oxygens (including phenoxy) is 1. The molecule has 0 bridgehead atoms. The second-order valence-electron chi connectivity index (χ2n) is 5.00. The smallest absolute Gasteiger partial charge is 0.197 e. The number of hydrogen-bond donors (Lipinski definition) is 2. The zero-order valence-corrected chi connectivity index (χ0v) is 11.7. The molecule has 3 N–H and O–H groups in total. The van der Waals surface area contributed by atoms with Crippen LogP contribution in [0.1, 0.15) is 30.8 Å². The average Bonchev–Trinajstić information content (AvgIpc) is 2.66. The maximum atomic E-state index is 5.63. The number of rotatable bonds is 5. The van der Waals surface area contributed by atoms with Crippen molar-refractivity contribution in [3.05, 3.63) is 41.2 Å². The van der Waals surface area contributed by atoms with E-state index in [0.717, 1.165) is 30.0 Å². The molecule has 0 atom stereocenters. The van der Waals surface area contributed by atoms with Crippen LogP contribution in [0.5, 0.6) is 5.75 Å². The number of aromatic nitrogens is 2. The molecule has 1 aromatic carbocycles. The number of nitrogen functional groups attached to an aromatic ring is 1. The van der Waals surface area contributed by atoms with E-state index in [0.29, 0.717) is 5.95 Å². The van der Waals surface area contributed by atoms with E-state index in [1.165, 1.54) is 5.56 Å². The molecule has 0 amide bonds. The van der Waals surface area contributed by atoms with Crippen molar-refractivity contribution in [2.45, 2.75) is 39.7 Å². The predicted octanol–water partition coefficient (Wildman–Crippen LogP) is 2.87. The van der Waals surface area contributed by atoms with Gasteiger partial charge in [0, 0.05) is 5.69 Å². The quantitative estimate of drug-likeness (QED) is 0.867. The van der Waals surface area contributed by atoms with Gasteiger partial charge >= 0.3 is 0 Å². The molecule has 19 heavy (non-hydrogen) atoms. The van der Waals surface area contributed by atoms with Gasteiger partial charge in [-0.15, -0.1) is 0 Å². The van der Waals surface area contributed by atoms with Gasteiger partial charge in [0.05, 0.1) is 11.8 Å². The van der Waals surface area contributed by atoms with E-state index in [4.69, 9.17) is 10.5 Å². The number of hydrogen-bond acceptors (Lipinski definition) is 3. The summed E-state index contributed by atoms with van der Waals surface area (Å²) in [6.45, 7) is 6.05. The number of anilines is 1. The SMILES string of the molecule is Cc1[nH]c(N)nc1CCc1ccc(OC(C)C)cc1. The number of aromatic amines is 1. The van der Waals surface area contributed by atoms with Crippen molar-refractivity contribution >= 4 is 5.95 Å². The Morgan fingerprint density at radius 1 is 1.21 bits per heavy atom. The molecule has 4 heteroatoms. The van der Waals surface area contributed by atoms with E-state index in [2.05, 4.69) is 22.1 Å². The number of benzene rings is 1. The van der Waals surface area contributed by atoms with Gasteiger partial charge in [0.25, 0.3) is 0 Å². The lowest BCUT2D eigenvalue weighted by Crippen LogP contribution is -2.05. The molecule has 0 saturated carbocycles. The number of aryl methyl sites for hydroxylation is 3. The van der Waals surface area contributed by atoms with Gasteiger partial charge in [-0.05, 0) is 51.3 Å². The largest absolute Gasteiger partial charge is 0.491 e. The number of nitrogens with two attached hydrogens (primary N) is 1. The highest BCUT2D eigenvalue weighted by atomic mass is 16.5. The fraction of sp³-hybridized carbons (Fsp3) is 0.400. The molecule has 2 aromatic rings. The van der Waals surface area contributed by atoms with E-state index < -0.39 is 0 Å². The molecule has 0 unspecified atom stereocenters. The molecule has 0 aliphatic heterocycles. The molecule has 0 spiro atoms. The standard InChI is InChI=1S/C15H21N3O/c1-10(2)19-13-7-4-12(5-8-13)6-9-14-11(3)17-15(16)18-14/h4-5,7-8,10H,6,9H2,1-3H3,(H3,16,17,18). The summed E-state index contributed by atoms with van der Waals surface area (Å²) in [4.78, 5) is 7.30. The van der Waals surface area contributed by atoms with Crippen molar-refractivity contribution < 1.29 is 4.74 Å². The third-order valence-electron chi connectivity index (χ3n) is 2.95. The van der Waals surface area contributed by atoms with Gasteiger partial charge in [-0.1, -0.05) is 12.1 Å². The third-order valence-corrected chi connectivity index (χ3v) is 2.95. The minimum absolute atomic E-state index is 0.209. The van der Waals surface area contributed by atoms with Crippen molar-refractivity contribution in [3.63, 3.8) is 0 Å². The molecule has 0 fully saturated rings. The number of nitrogens with one attached hydrogen (secondary N) is 1. The molecule has 0 aliphatic carbocycles. The fourth-order valence-corrected chi connectivity index (χ4v) is 2.03. The van der Waals surface area contributed by atoms with Crippen LogP contribution in [0, 0.1) is 6.92 Å². The molecule has 102 valence electrons. The van der Waals surface area contributed by atoms with Crippen molar-refractivity contribution in [3.8, 4) is 5.75 Å². The van der Waals surface area contributed by atoms with Crippen LogP contribution in [0.2, 0.25) is 0 Å². The molecule has 0 saturated heterocycles. The highest BCUT2D eigenvalue weighted by Crippen LogP contribution is 2.16. The Labute approximate surface area is 114 Å². The lowest BCUT2D eigenvalue weighted by molar-refractivity contribution is 0.242. The van der Waals surface area contributed by atoms with Crippen molar-refractivity contribution in [2.75, 3.05) is 5.73 Å². The molecule has 4 nitrogen and oxygen atoms in total. The first-order valence-corrected chi connectivity index (χ1v) is 6.61. The Morgan fingerprint density at radius 3 is 2.42 bits per heavy atom. The molecule has 1 aromatic heterocycles. The first kappa shape index (κ1) is 13.5. The van der Waals surface area contributed by atoms with E-state index >= 15 is 0 Å². The lowest BCUT2D eigenvalue weighted by Gasteiger charge is -2.09. The summed E-state index contributed by atoms with van der Waals surface area (Å²) in [5.41, 5.74) is 9.00. The minimum Gasteiger partial charge on any atom is -0.491 e. The Hall–Kier alpha value is -1.97. The van der Waals surface area contributed by atoms with Gasteiger partial charge in [0.2, 0.25) is 0 Å². The van der Waals surface area contributed by atoms with Gasteiger partial charge < -0.3 is 15.5 Å². The van der Waals surface area contributed by atoms with Crippen LogP contribution in [0.25, 0.3) is 0 Å². The average molecular weight is 259 g/mol. The lowest BCUT2D eigenvalue weighted by atomic mass is 10.1. The first-order valence-electron chi connectivity index (χ1n) is 6.61. The third kappa shape index (κ3) is 3.74. The zero-order chi connectivity index (χ0) is 13.8. The van der Waals surface area contributed by atoms with Gasteiger partial charge in [0.15, 0.2) is 5.95 Å². The summed E-state index contributed by atoms with van der Waals surface area (Å²) in [6.07, 6.45) is 2.05.